The Balaban J connectivity index is 2.78. The lowest BCUT2D eigenvalue weighted by molar-refractivity contribution is -0.124. The van der Waals surface area contributed by atoms with E-state index in [4.69, 9.17) is 10.5 Å². The van der Waals surface area contributed by atoms with E-state index in [0.717, 1.165) is 11.3 Å². The summed E-state index contributed by atoms with van der Waals surface area (Å²) in [4.78, 5) is 11.8. The number of carbonyl (C=O) groups is 1. The third-order valence-electron chi connectivity index (χ3n) is 3.34. The molecule has 4 nitrogen and oxygen atoms in total. The van der Waals surface area contributed by atoms with Crippen molar-refractivity contribution in [1.29, 1.82) is 0 Å². The molecule has 0 radical (unpaired) electrons. The molecule has 1 aromatic carbocycles. The molecule has 1 aromatic rings. The maximum absolute atomic E-state index is 11.8. The summed E-state index contributed by atoms with van der Waals surface area (Å²) in [7, 11) is 1.66. The average molecular weight is 264 g/mol. The van der Waals surface area contributed by atoms with Gasteiger partial charge in [-0.15, -0.1) is 0 Å². The van der Waals surface area contributed by atoms with Crippen LogP contribution < -0.4 is 15.8 Å². The molecule has 1 rings (SSSR count). The second kappa shape index (κ2) is 6.57. The molecular weight excluding hydrogens is 240 g/mol. The van der Waals surface area contributed by atoms with E-state index in [1.54, 1.807) is 7.11 Å². The number of rotatable bonds is 6. The minimum absolute atomic E-state index is 0.00882. The van der Waals surface area contributed by atoms with Gasteiger partial charge in [0.15, 0.2) is 0 Å². The molecule has 0 aliphatic rings. The van der Waals surface area contributed by atoms with Gasteiger partial charge in [-0.1, -0.05) is 39.0 Å². The van der Waals surface area contributed by atoms with Crippen LogP contribution in [0.2, 0.25) is 0 Å². The van der Waals surface area contributed by atoms with Gasteiger partial charge in [0.05, 0.1) is 7.11 Å². The van der Waals surface area contributed by atoms with Crippen LogP contribution in [-0.4, -0.2) is 26.1 Å². The van der Waals surface area contributed by atoms with Crippen molar-refractivity contribution in [3.8, 4) is 5.75 Å². The van der Waals surface area contributed by atoms with Crippen LogP contribution in [0.3, 0.4) is 0 Å². The minimum Gasteiger partial charge on any atom is -0.496 e. The summed E-state index contributed by atoms with van der Waals surface area (Å²) in [5, 5.41) is 2.95. The summed E-state index contributed by atoms with van der Waals surface area (Å²) >= 11 is 0. The van der Waals surface area contributed by atoms with Gasteiger partial charge in [-0.2, -0.15) is 0 Å². The highest BCUT2D eigenvalue weighted by Gasteiger charge is 2.25. The van der Waals surface area contributed by atoms with Crippen molar-refractivity contribution in [1.82, 2.24) is 5.32 Å². The lowest BCUT2D eigenvalue weighted by atomic mass is 9.83. The first kappa shape index (κ1) is 15.5. The Hall–Kier alpha value is -1.55. The molecule has 0 fully saturated rings. The van der Waals surface area contributed by atoms with Crippen LogP contribution in [0.15, 0.2) is 24.3 Å². The van der Waals surface area contributed by atoms with Gasteiger partial charge < -0.3 is 15.8 Å². The maximum atomic E-state index is 11.8. The van der Waals surface area contributed by atoms with Crippen molar-refractivity contribution in [2.75, 3.05) is 20.2 Å². The number of para-hydroxylation sites is 1. The third kappa shape index (κ3) is 3.96. The van der Waals surface area contributed by atoms with Crippen LogP contribution in [0.25, 0.3) is 0 Å². The highest BCUT2D eigenvalue weighted by atomic mass is 16.5. The summed E-state index contributed by atoms with van der Waals surface area (Å²) < 4.78 is 5.37. The fraction of sp³-hybridized carbons (Fsp3) is 0.533. The zero-order valence-electron chi connectivity index (χ0n) is 12.2. The Labute approximate surface area is 115 Å². The predicted molar refractivity (Wildman–Crippen MR) is 77.2 cm³/mol. The summed E-state index contributed by atoms with van der Waals surface area (Å²) in [6.07, 6.45) is 0. The van der Waals surface area contributed by atoms with Crippen molar-refractivity contribution in [2.45, 2.75) is 26.2 Å². The molecule has 0 saturated carbocycles. The van der Waals surface area contributed by atoms with Crippen molar-refractivity contribution in [3.63, 3.8) is 0 Å². The monoisotopic (exact) mass is 264 g/mol. The Morgan fingerprint density at radius 1 is 1.42 bits per heavy atom. The number of amides is 1. The van der Waals surface area contributed by atoms with E-state index in [1.807, 2.05) is 31.2 Å². The fourth-order valence-electron chi connectivity index (χ4n) is 1.89. The molecule has 4 heteroatoms. The maximum Gasteiger partial charge on any atom is 0.224 e. The van der Waals surface area contributed by atoms with Crippen LogP contribution >= 0.6 is 0 Å². The lowest BCUT2D eigenvalue weighted by Gasteiger charge is -2.28. The molecule has 1 atom stereocenters. The van der Waals surface area contributed by atoms with Gasteiger partial charge in [-0.3, -0.25) is 4.79 Å². The Morgan fingerprint density at radius 2 is 2.05 bits per heavy atom. The van der Waals surface area contributed by atoms with Crippen molar-refractivity contribution in [2.24, 2.45) is 11.7 Å². The van der Waals surface area contributed by atoms with E-state index in [2.05, 4.69) is 19.2 Å². The molecule has 3 N–H and O–H groups in total. The molecular formula is C15H24N2O2. The second-order valence-corrected chi connectivity index (χ2v) is 5.44. The minimum atomic E-state index is -0.198. The molecule has 0 spiro atoms. The first-order valence-electron chi connectivity index (χ1n) is 6.53. The molecule has 0 saturated heterocycles. The molecule has 0 aliphatic heterocycles. The lowest BCUT2D eigenvalue weighted by Crippen LogP contribution is -2.40. The first-order valence-corrected chi connectivity index (χ1v) is 6.53. The zero-order chi connectivity index (χ0) is 14.5. The smallest absolute Gasteiger partial charge is 0.224 e. The van der Waals surface area contributed by atoms with Gasteiger partial charge in [0.2, 0.25) is 5.91 Å². The molecule has 19 heavy (non-hydrogen) atoms. The standard InChI is InChI=1S/C15H24N2O2/c1-11(9-16)14(18)17-10-15(2,3)12-7-5-6-8-13(12)19-4/h5-8,11H,9-10,16H2,1-4H3,(H,17,18). The fourth-order valence-corrected chi connectivity index (χ4v) is 1.89. The summed E-state index contributed by atoms with van der Waals surface area (Å²) in [5.74, 6) is 0.674. The van der Waals surface area contributed by atoms with Crippen LogP contribution in [0, 0.1) is 5.92 Å². The Bertz CT molecular complexity index is 430. The highest BCUT2D eigenvalue weighted by molar-refractivity contribution is 5.78. The van der Waals surface area contributed by atoms with E-state index in [9.17, 15) is 4.79 Å². The number of methoxy groups -OCH3 is 1. The molecule has 0 heterocycles. The summed E-state index contributed by atoms with van der Waals surface area (Å²) in [6, 6.07) is 7.87. The van der Waals surface area contributed by atoms with Gasteiger partial charge in [0, 0.05) is 30.0 Å². The van der Waals surface area contributed by atoms with Gasteiger partial charge in [0.1, 0.15) is 5.75 Å². The first-order chi connectivity index (χ1) is 8.92. The van der Waals surface area contributed by atoms with Crippen LogP contribution in [0.1, 0.15) is 26.3 Å². The summed E-state index contributed by atoms with van der Waals surface area (Å²) in [6.45, 7) is 6.90. The Morgan fingerprint density at radius 3 is 2.63 bits per heavy atom. The average Bonchev–Trinajstić information content (AvgIpc) is 2.43. The van der Waals surface area contributed by atoms with E-state index in [0.29, 0.717) is 13.1 Å². The number of carbonyl (C=O) groups excluding carboxylic acids is 1. The molecule has 1 amide bonds. The molecule has 0 aromatic heterocycles. The SMILES string of the molecule is COc1ccccc1C(C)(C)CNC(=O)C(C)CN. The molecule has 0 aliphatic carbocycles. The van der Waals surface area contributed by atoms with E-state index in [-0.39, 0.29) is 17.2 Å². The number of hydrogen-bond acceptors (Lipinski definition) is 3. The number of hydrogen-bond donors (Lipinski definition) is 2. The normalized spacial score (nSPS) is 12.9. The van der Waals surface area contributed by atoms with E-state index < -0.39 is 0 Å². The van der Waals surface area contributed by atoms with Crippen LogP contribution in [-0.2, 0) is 10.2 Å². The van der Waals surface area contributed by atoms with Gasteiger partial charge in [-0.05, 0) is 6.07 Å². The van der Waals surface area contributed by atoms with Crippen LogP contribution in [0.4, 0.5) is 0 Å². The second-order valence-electron chi connectivity index (χ2n) is 5.44. The Kier molecular flexibility index (Phi) is 5.36. The molecule has 1 unspecified atom stereocenters. The van der Waals surface area contributed by atoms with Crippen LogP contribution in [0.5, 0.6) is 5.75 Å². The molecule has 0 bridgehead atoms. The quantitative estimate of drug-likeness (QED) is 0.821. The van der Waals surface area contributed by atoms with E-state index >= 15 is 0 Å². The number of ether oxygens (including phenoxy) is 1. The molecule has 106 valence electrons. The van der Waals surface area contributed by atoms with E-state index in [1.165, 1.54) is 0 Å². The number of nitrogens with one attached hydrogen (secondary N) is 1. The zero-order valence-corrected chi connectivity index (χ0v) is 12.2. The largest absolute Gasteiger partial charge is 0.496 e. The van der Waals surface area contributed by atoms with Crippen molar-refractivity contribution < 1.29 is 9.53 Å². The highest BCUT2D eigenvalue weighted by Crippen LogP contribution is 2.30. The third-order valence-corrected chi connectivity index (χ3v) is 3.34. The number of benzene rings is 1. The van der Waals surface area contributed by atoms with Gasteiger partial charge in [-0.25, -0.2) is 0 Å². The van der Waals surface area contributed by atoms with Gasteiger partial charge in [0.25, 0.3) is 0 Å². The van der Waals surface area contributed by atoms with Crippen molar-refractivity contribution >= 4 is 5.91 Å². The summed E-state index contributed by atoms with van der Waals surface area (Å²) in [5.41, 5.74) is 6.37. The van der Waals surface area contributed by atoms with Crippen molar-refractivity contribution in [3.05, 3.63) is 29.8 Å². The van der Waals surface area contributed by atoms with Gasteiger partial charge >= 0.3 is 0 Å². The predicted octanol–water partition coefficient (Wildman–Crippen LogP) is 1.68. The topological polar surface area (TPSA) is 64.3 Å². The number of nitrogens with two attached hydrogens (primary N) is 1.